The molecule has 1 N–H and O–H groups in total. The minimum Gasteiger partial charge on any atom is -0.326 e. The fourth-order valence-corrected chi connectivity index (χ4v) is 5.28. The zero-order valence-electron chi connectivity index (χ0n) is 18.6. The van der Waals surface area contributed by atoms with Crippen LogP contribution in [0.4, 0.5) is 5.69 Å². The maximum Gasteiger partial charge on any atom is 0.243 e. The predicted octanol–water partition coefficient (Wildman–Crippen LogP) is 2.30. The number of aryl methyl sites for hydroxylation is 1. The highest BCUT2D eigenvalue weighted by Gasteiger charge is 2.28. The molecule has 0 unspecified atom stereocenters. The summed E-state index contributed by atoms with van der Waals surface area (Å²) in [4.78, 5) is 13.7. The van der Waals surface area contributed by atoms with Crippen molar-refractivity contribution < 1.29 is 13.2 Å². The molecule has 0 spiro atoms. The second-order valence-electron chi connectivity index (χ2n) is 8.04. The number of nitrogens with zero attached hydrogens (tertiary/aromatic N) is 5. The first-order valence-corrected chi connectivity index (χ1v) is 12.4. The Balaban J connectivity index is 1.24. The van der Waals surface area contributed by atoms with Crippen LogP contribution in [-0.4, -0.2) is 71.2 Å². The molecule has 1 aliphatic rings. The molecule has 0 atom stereocenters. The van der Waals surface area contributed by atoms with Crippen molar-refractivity contribution in [2.45, 2.75) is 24.8 Å². The SMILES string of the molecule is CC(=O)Nc1ccc(S(=O)(=O)N2CCN(CCCn3cc(-c4ccccc4)nn3)CC2)cc1. The lowest BCUT2D eigenvalue weighted by Crippen LogP contribution is -2.48. The average molecular weight is 469 g/mol. The standard InChI is InChI=1S/C23H28N6O3S/c1-19(30)24-21-8-10-22(11-9-21)33(31,32)29-16-14-27(15-17-29)12-5-13-28-18-23(25-26-28)20-6-3-2-4-7-20/h2-4,6-11,18H,5,12-17H2,1H3,(H,24,30). The minimum atomic E-state index is -3.55. The number of benzene rings is 2. The summed E-state index contributed by atoms with van der Waals surface area (Å²) in [7, 11) is -3.55. The first kappa shape index (κ1) is 23.1. The molecule has 1 amide bonds. The molecular formula is C23H28N6O3S. The van der Waals surface area contributed by atoms with E-state index in [1.807, 2.05) is 41.2 Å². The van der Waals surface area contributed by atoms with Crippen LogP contribution < -0.4 is 5.32 Å². The van der Waals surface area contributed by atoms with Crippen molar-refractivity contribution in [1.82, 2.24) is 24.2 Å². The Labute approximate surface area is 194 Å². The van der Waals surface area contributed by atoms with Crippen LogP contribution in [0, 0.1) is 0 Å². The number of amides is 1. The lowest BCUT2D eigenvalue weighted by atomic mass is 10.2. The van der Waals surface area contributed by atoms with Crippen LogP contribution in [0.5, 0.6) is 0 Å². The maximum absolute atomic E-state index is 12.9. The first-order chi connectivity index (χ1) is 15.9. The lowest BCUT2D eigenvalue weighted by Gasteiger charge is -2.34. The van der Waals surface area contributed by atoms with Crippen LogP contribution in [-0.2, 0) is 21.4 Å². The van der Waals surface area contributed by atoms with E-state index in [1.54, 1.807) is 12.1 Å². The van der Waals surface area contributed by atoms with Crippen molar-refractivity contribution in [2.24, 2.45) is 0 Å². The Hall–Kier alpha value is -3.08. The van der Waals surface area contributed by atoms with Crippen LogP contribution in [0.2, 0.25) is 0 Å². The Morgan fingerprint density at radius 3 is 2.33 bits per heavy atom. The Kier molecular flexibility index (Phi) is 7.17. The number of rotatable bonds is 8. The van der Waals surface area contributed by atoms with Gasteiger partial charge in [-0.1, -0.05) is 35.5 Å². The van der Waals surface area contributed by atoms with Gasteiger partial charge in [-0.3, -0.25) is 9.48 Å². The van der Waals surface area contributed by atoms with Gasteiger partial charge in [0.1, 0.15) is 5.69 Å². The number of carbonyl (C=O) groups excluding carboxylic acids is 1. The van der Waals surface area contributed by atoms with Gasteiger partial charge < -0.3 is 10.2 Å². The van der Waals surface area contributed by atoms with Crippen molar-refractivity contribution in [3.8, 4) is 11.3 Å². The molecule has 33 heavy (non-hydrogen) atoms. The lowest BCUT2D eigenvalue weighted by molar-refractivity contribution is -0.114. The van der Waals surface area contributed by atoms with Crippen molar-refractivity contribution in [2.75, 3.05) is 38.0 Å². The molecule has 0 saturated carbocycles. The zero-order chi connectivity index (χ0) is 23.3. The molecule has 1 saturated heterocycles. The third kappa shape index (κ3) is 5.84. The molecular weight excluding hydrogens is 440 g/mol. The molecule has 10 heteroatoms. The smallest absolute Gasteiger partial charge is 0.243 e. The van der Waals surface area contributed by atoms with Gasteiger partial charge >= 0.3 is 0 Å². The number of aromatic nitrogens is 3. The maximum atomic E-state index is 12.9. The number of sulfonamides is 1. The third-order valence-corrected chi connectivity index (χ3v) is 7.53. The van der Waals surface area contributed by atoms with Gasteiger partial charge in [0.05, 0.1) is 11.1 Å². The second-order valence-corrected chi connectivity index (χ2v) is 9.98. The van der Waals surface area contributed by atoms with Gasteiger partial charge in [0.15, 0.2) is 0 Å². The van der Waals surface area contributed by atoms with Gasteiger partial charge in [-0.25, -0.2) is 8.42 Å². The first-order valence-electron chi connectivity index (χ1n) is 11.0. The molecule has 4 rings (SSSR count). The molecule has 2 heterocycles. The van der Waals surface area contributed by atoms with Crippen LogP contribution in [0.25, 0.3) is 11.3 Å². The number of nitrogens with one attached hydrogen (secondary N) is 1. The summed E-state index contributed by atoms with van der Waals surface area (Å²) >= 11 is 0. The summed E-state index contributed by atoms with van der Waals surface area (Å²) in [5, 5.41) is 11.1. The fourth-order valence-electron chi connectivity index (χ4n) is 3.86. The van der Waals surface area contributed by atoms with Gasteiger partial charge in [0.25, 0.3) is 0 Å². The molecule has 2 aromatic carbocycles. The van der Waals surface area contributed by atoms with Crippen LogP contribution in [0.1, 0.15) is 13.3 Å². The molecule has 1 aromatic heterocycles. The van der Waals surface area contributed by atoms with E-state index < -0.39 is 10.0 Å². The van der Waals surface area contributed by atoms with Crippen molar-refractivity contribution in [3.63, 3.8) is 0 Å². The highest BCUT2D eigenvalue weighted by molar-refractivity contribution is 7.89. The highest BCUT2D eigenvalue weighted by Crippen LogP contribution is 2.20. The molecule has 1 fully saturated rings. The van der Waals surface area contributed by atoms with Gasteiger partial charge in [-0.2, -0.15) is 4.31 Å². The van der Waals surface area contributed by atoms with Crippen molar-refractivity contribution >= 4 is 21.6 Å². The summed E-state index contributed by atoms with van der Waals surface area (Å²) in [6, 6.07) is 16.3. The molecule has 0 bridgehead atoms. The van der Waals surface area contributed by atoms with E-state index >= 15 is 0 Å². The topological polar surface area (TPSA) is 100 Å². The van der Waals surface area contributed by atoms with E-state index in [0.717, 1.165) is 30.8 Å². The Morgan fingerprint density at radius 2 is 1.67 bits per heavy atom. The number of hydrogen-bond acceptors (Lipinski definition) is 6. The monoisotopic (exact) mass is 468 g/mol. The van der Waals surface area contributed by atoms with Crippen LogP contribution in [0.15, 0.2) is 65.7 Å². The number of anilines is 1. The van der Waals surface area contributed by atoms with Gasteiger partial charge in [-0.15, -0.1) is 5.10 Å². The molecule has 3 aromatic rings. The highest BCUT2D eigenvalue weighted by atomic mass is 32.2. The van der Waals surface area contributed by atoms with E-state index in [1.165, 1.54) is 23.4 Å². The molecule has 174 valence electrons. The van der Waals surface area contributed by atoms with Crippen molar-refractivity contribution in [1.29, 1.82) is 0 Å². The molecule has 9 nitrogen and oxygen atoms in total. The normalized spacial score (nSPS) is 15.4. The zero-order valence-corrected chi connectivity index (χ0v) is 19.4. The quantitative estimate of drug-likeness (QED) is 0.545. The van der Waals surface area contributed by atoms with Crippen LogP contribution in [0.3, 0.4) is 0 Å². The summed E-state index contributed by atoms with van der Waals surface area (Å²) in [5.41, 5.74) is 2.49. The number of hydrogen-bond donors (Lipinski definition) is 1. The predicted molar refractivity (Wildman–Crippen MR) is 126 cm³/mol. The largest absolute Gasteiger partial charge is 0.326 e. The second kappa shape index (κ2) is 10.2. The Morgan fingerprint density at radius 1 is 0.970 bits per heavy atom. The summed E-state index contributed by atoms with van der Waals surface area (Å²) in [6.45, 7) is 5.34. The average Bonchev–Trinajstić information content (AvgIpc) is 3.29. The fraction of sp³-hybridized carbons (Fsp3) is 0.348. The van der Waals surface area contributed by atoms with Gasteiger partial charge in [0.2, 0.25) is 15.9 Å². The van der Waals surface area contributed by atoms with E-state index in [9.17, 15) is 13.2 Å². The molecule has 0 radical (unpaired) electrons. The third-order valence-electron chi connectivity index (χ3n) is 5.61. The van der Waals surface area contributed by atoms with E-state index in [0.29, 0.717) is 31.9 Å². The van der Waals surface area contributed by atoms with Gasteiger partial charge in [-0.05, 0) is 30.7 Å². The number of piperazine rings is 1. The van der Waals surface area contributed by atoms with E-state index in [4.69, 9.17) is 0 Å². The minimum absolute atomic E-state index is 0.192. The van der Waals surface area contributed by atoms with E-state index in [-0.39, 0.29) is 10.8 Å². The van der Waals surface area contributed by atoms with Gasteiger partial charge in [0, 0.05) is 57.4 Å². The molecule has 1 aliphatic heterocycles. The molecule has 0 aliphatic carbocycles. The summed E-state index contributed by atoms with van der Waals surface area (Å²) in [5.74, 6) is -0.192. The Bertz CT molecular complexity index is 1170. The number of carbonyl (C=O) groups is 1. The van der Waals surface area contributed by atoms with Crippen molar-refractivity contribution in [3.05, 3.63) is 60.8 Å². The van der Waals surface area contributed by atoms with Crippen LogP contribution >= 0.6 is 0 Å². The van der Waals surface area contributed by atoms with E-state index in [2.05, 4.69) is 20.5 Å². The summed E-state index contributed by atoms with van der Waals surface area (Å²) in [6.07, 6.45) is 2.87. The summed E-state index contributed by atoms with van der Waals surface area (Å²) < 4.78 is 29.3.